The monoisotopic (exact) mass is 385 g/mol. The molecule has 0 fully saturated rings. The van der Waals surface area contributed by atoms with E-state index in [-0.39, 0.29) is 16.8 Å². The summed E-state index contributed by atoms with van der Waals surface area (Å²) in [5.74, 6) is -0.669. The van der Waals surface area contributed by atoms with E-state index in [1.165, 1.54) is 17.0 Å². The van der Waals surface area contributed by atoms with Gasteiger partial charge in [0.2, 0.25) is 5.06 Å². The van der Waals surface area contributed by atoms with Crippen molar-refractivity contribution < 1.29 is 23.8 Å². The normalized spacial score (nSPS) is 10.5. The topological polar surface area (TPSA) is 66.8 Å². The third-order valence-electron chi connectivity index (χ3n) is 3.95. The zero-order valence-electron chi connectivity index (χ0n) is 14.6. The molecule has 3 aromatic rings. The Bertz CT molecular complexity index is 980. The lowest BCUT2D eigenvalue weighted by molar-refractivity contribution is 0.0991. The summed E-state index contributed by atoms with van der Waals surface area (Å²) < 4.78 is 18.0. The van der Waals surface area contributed by atoms with Crippen LogP contribution in [0.4, 0.5) is 14.9 Å². The van der Waals surface area contributed by atoms with Crippen LogP contribution in [-0.2, 0) is 0 Å². The predicted octanol–water partition coefficient (Wildman–Crippen LogP) is 5.20. The summed E-state index contributed by atoms with van der Waals surface area (Å²) >= 11 is 1.07. The molecule has 1 aromatic heterocycles. The van der Waals surface area contributed by atoms with Gasteiger partial charge in [0.05, 0.1) is 5.69 Å². The highest BCUT2D eigenvalue weighted by Gasteiger charge is 2.22. The van der Waals surface area contributed by atoms with Crippen molar-refractivity contribution in [3.05, 3.63) is 71.5 Å². The number of rotatable bonds is 4. The second-order valence-corrected chi connectivity index (χ2v) is 6.90. The Balaban J connectivity index is 1.99. The summed E-state index contributed by atoms with van der Waals surface area (Å²) in [6.07, 6.45) is -1.47. The molecule has 0 aliphatic rings. The number of nitrogens with zero attached hydrogens (tertiary/aromatic N) is 1. The summed E-state index contributed by atoms with van der Waals surface area (Å²) in [7, 11) is 1.55. The number of halogens is 1. The molecule has 0 aliphatic carbocycles. The maximum absolute atomic E-state index is 13.2. The summed E-state index contributed by atoms with van der Waals surface area (Å²) in [4.78, 5) is 25.8. The number of anilines is 1. The van der Waals surface area contributed by atoms with Crippen molar-refractivity contribution in [3.8, 4) is 15.5 Å². The summed E-state index contributed by atoms with van der Waals surface area (Å²) in [6.45, 7) is 1.92. The van der Waals surface area contributed by atoms with Crippen molar-refractivity contribution in [3.63, 3.8) is 0 Å². The van der Waals surface area contributed by atoms with E-state index in [0.717, 1.165) is 16.9 Å². The number of amides is 1. The first kappa shape index (κ1) is 18.6. The molecule has 0 atom stereocenters. The molecule has 0 saturated carbocycles. The van der Waals surface area contributed by atoms with E-state index in [2.05, 4.69) is 0 Å². The SMILES string of the molecule is Cc1ccc(C(=O)N(C)c2cc(-c3ccc(F)cc3)sc2OC(=O)O)cc1. The molecule has 0 unspecified atom stereocenters. The molecule has 0 bridgehead atoms. The fourth-order valence-electron chi connectivity index (χ4n) is 2.51. The molecule has 0 saturated heterocycles. The van der Waals surface area contributed by atoms with Crippen LogP contribution in [0.2, 0.25) is 0 Å². The van der Waals surface area contributed by atoms with Crippen LogP contribution in [0.5, 0.6) is 5.06 Å². The van der Waals surface area contributed by atoms with Gasteiger partial charge in [-0.25, -0.2) is 9.18 Å². The van der Waals surface area contributed by atoms with Crippen molar-refractivity contribution >= 4 is 29.1 Å². The first-order valence-electron chi connectivity index (χ1n) is 8.00. The molecule has 0 aliphatic heterocycles. The minimum atomic E-state index is -1.47. The van der Waals surface area contributed by atoms with Crippen LogP contribution in [0, 0.1) is 12.7 Å². The highest BCUT2D eigenvalue weighted by molar-refractivity contribution is 7.18. The van der Waals surface area contributed by atoms with E-state index in [9.17, 15) is 14.0 Å². The highest BCUT2D eigenvalue weighted by Crippen LogP contribution is 2.43. The number of carbonyl (C=O) groups is 2. The van der Waals surface area contributed by atoms with Gasteiger partial charge in [-0.2, -0.15) is 0 Å². The minimum absolute atomic E-state index is 0.0739. The van der Waals surface area contributed by atoms with Gasteiger partial charge in [0.15, 0.2) is 0 Å². The van der Waals surface area contributed by atoms with Gasteiger partial charge < -0.3 is 14.7 Å². The van der Waals surface area contributed by atoms with E-state index in [1.807, 2.05) is 19.1 Å². The van der Waals surface area contributed by atoms with Crippen molar-refractivity contribution in [2.45, 2.75) is 6.92 Å². The number of aryl methyl sites for hydroxylation is 1. The smallest absolute Gasteiger partial charge is 0.449 e. The Morgan fingerprint density at radius 2 is 1.70 bits per heavy atom. The Kier molecular flexibility index (Phi) is 5.23. The molecule has 2 aromatic carbocycles. The number of carbonyl (C=O) groups excluding carboxylic acids is 1. The van der Waals surface area contributed by atoms with Crippen molar-refractivity contribution in [1.82, 2.24) is 0 Å². The number of thiophene rings is 1. The fraction of sp³-hybridized carbons (Fsp3) is 0.100. The second-order valence-electron chi connectivity index (χ2n) is 5.89. The number of carboxylic acid groups (broad SMARTS) is 1. The molecule has 1 amide bonds. The van der Waals surface area contributed by atoms with Gasteiger partial charge in [-0.1, -0.05) is 41.2 Å². The Morgan fingerprint density at radius 3 is 2.30 bits per heavy atom. The van der Waals surface area contributed by atoms with Gasteiger partial charge in [0.25, 0.3) is 5.91 Å². The number of hydrogen-bond acceptors (Lipinski definition) is 4. The third kappa shape index (κ3) is 4.15. The minimum Gasteiger partial charge on any atom is -0.449 e. The standard InChI is InChI=1S/C20H16FNO4S/c1-12-3-5-14(6-4-12)18(23)22(2)16-11-17(27-19(16)26-20(24)25)13-7-9-15(21)10-8-13/h3-11H,1-2H3,(H,24,25). The molecule has 138 valence electrons. The molecule has 5 nitrogen and oxygen atoms in total. The molecule has 27 heavy (non-hydrogen) atoms. The Morgan fingerprint density at radius 1 is 1.07 bits per heavy atom. The van der Waals surface area contributed by atoms with Gasteiger partial charge in [-0.3, -0.25) is 4.79 Å². The van der Waals surface area contributed by atoms with Gasteiger partial charge in [0, 0.05) is 17.5 Å². The van der Waals surface area contributed by atoms with E-state index in [0.29, 0.717) is 21.7 Å². The summed E-state index contributed by atoms with van der Waals surface area (Å²) in [5, 5.41) is 9.08. The average molecular weight is 385 g/mol. The first-order chi connectivity index (χ1) is 12.8. The van der Waals surface area contributed by atoms with Crippen molar-refractivity contribution in [2.75, 3.05) is 11.9 Å². The zero-order chi connectivity index (χ0) is 19.6. The quantitative estimate of drug-likeness (QED) is 0.627. The number of benzene rings is 2. The van der Waals surface area contributed by atoms with Crippen LogP contribution in [0.25, 0.3) is 10.4 Å². The summed E-state index contributed by atoms with van der Waals surface area (Å²) in [6, 6.07) is 14.5. The average Bonchev–Trinajstić information content (AvgIpc) is 3.04. The second kappa shape index (κ2) is 7.59. The Labute approximate surface area is 159 Å². The van der Waals surface area contributed by atoms with E-state index in [1.54, 1.807) is 37.4 Å². The molecule has 3 rings (SSSR count). The summed E-state index contributed by atoms with van der Waals surface area (Å²) in [5.41, 5.74) is 2.52. The maximum atomic E-state index is 13.2. The molecule has 1 heterocycles. The van der Waals surface area contributed by atoms with Crippen LogP contribution < -0.4 is 9.64 Å². The molecule has 0 radical (unpaired) electrons. The van der Waals surface area contributed by atoms with Crippen LogP contribution in [-0.4, -0.2) is 24.2 Å². The lowest BCUT2D eigenvalue weighted by atomic mass is 10.1. The van der Waals surface area contributed by atoms with Gasteiger partial charge in [0.1, 0.15) is 5.82 Å². The molecule has 7 heteroatoms. The highest BCUT2D eigenvalue weighted by atomic mass is 32.1. The maximum Gasteiger partial charge on any atom is 0.512 e. The number of ether oxygens (including phenoxy) is 1. The third-order valence-corrected chi connectivity index (χ3v) is 5.00. The molecular weight excluding hydrogens is 369 g/mol. The number of hydrogen-bond donors (Lipinski definition) is 1. The lowest BCUT2D eigenvalue weighted by Gasteiger charge is -2.17. The lowest BCUT2D eigenvalue weighted by Crippen LogP contribution is -2.26. The van der Waals surface area contributed by atoms with Crippen LogP contribution in [0.3, 0.4) is 0 Å². The van der Waals surface area contributed by atoms with E-state index >= 15 is 0 Å². The Hall–Kier alpha value is -3.19. The van der Waals surface area contributed by atoms with E-state index < -0.39 is 6.16 Å². The molecular formula is C20H16FNO4S. The van der Waals surface area contributed by atoms with Gasteiger partial charge in [-0.15, -0.1) is 0 Å². The van der Waals surface area contributed by atoms with E-state index in [4.69, 9.17) is 9.84 Å². The zero-order valence-corrected chi connectivity index (χ0v) is 15.4. The van der Waals surface area contributed by atoms with Crippen LogP contribution in [0.1, 0.15) is 15.9 Å². The molecule has 0 spiro atoms. The first-order valence-corrected chi connectivity index (χ1v) is 8.82. The van der Waals surface area contributed by atoms with Crippen LogP contribution in [0.15, 0.2) is 54.6 Å². The van der Waals surface area contributed by atoms with Crippen LogP contribution >= 0.6 is 11.3 Å². The molecule has 1 N–H and O–H groups in total. The fourth-order valence-corrected chi connectivity index (χ4v) is 3.54. The van der Waals surface area contributed by atoms with Gasteiger partial charge in [-0.05, 0) is 42.8 Å². The predicted molar refractivity (Wildman–Crippen MR) is 102 cm³/mol. The largest absolute Gasteiger partial charge is 0.512 e. The van der Waals surface area contributed by atoms with Crippen molar-refractivity contribution in [1.29, 1.82) is 0 Å². The van der Waals surface area contributed by atoms with Crippen molar-refractivity contribution in [2.24, 2.45) is 0 Å². The van der Waals surface area contributed by atoms with Gasteiger partial charge >= 0.3 is 6.16 Å².